The molecule has 1 aliphatic carbocycles. The number of likely N-dealkylation sites (N-methyl/N-ethyl adjacent to an activating group) is 1. The van der Waals surface area contributed by atoms with Crippen LogP contribution in [-0.4, -0.2) is 13.1 Å². The summed E-state index contributed by atoms with van der Waals surface area (Å²) in [7, 11) is 2.13. The highest BCUT2D eigenvalue weighted by Gasteiger charge is 2.25. The summed E-state index contributed by atoms with van der Waals surface area (Å²) in [5.74, 6) is 1.74. The molecule has 0 aliphatic heterocycles. The quantitative estimate of drug-likeness (QED) is 0.849. The van der Waals surface area contributed by atoms with Crippen LogP contribution in [0.4, 0.5) is 0 Å². The van der Waals surface area contributed by atoms with Crippen LogP contribution >= 0.6 is 0 Å². The van der Waals surface area contributed by atoms with Crippen molar-refractivity contribution in [2.75, 3.05) is 7.05 Å². The van der Waals surface area contributed by atoms with Crippen molar-refractivity contribution in [2.24, 2.45) is 11.8 Å². The van der Waals surface area contributed by atoms with Crippen LogP contribution in [0.3, 0.4) is 0 Å². The summed E-state index contributed by atoms with van der Waals surface area (Å²) in [5, 5.41) is 6.29. The molecule has 1 nitrogen and oxygen atoms in total. The first-order valence-corrected chi connectivity index (χ1v) is 8.41. The minimum atomic E-state index is 0.619. The maximum atomic E-state index is 3.59. The molecule has 112 valence electrons. The number of benzene rings is 2. The Morgan fingerprint density at radius 2 is 1.90 bits per heavy atom. The summed E-state index contributed by atoms with van der Waals surface area (Å²) in [6.07, 6.45) is 6.76. The van der Waals surface area contributed by atoms with E-state index in [1.165, 1.54) is 42.0 Å². The topological polar surface area (TPSA) is 12.0 Å². The molecule has 1 N–H and O–H groups in total. The second-order valence-corrected chi connectivity index (χ2v) is 6.81. The van der Waals surface area contributed by atoms with Crippen molar-refractivity contribution in [1.82, 2.24) is 5.32 Å². The van der Waals surface area contributed by atoms with Gasteiger partial charge in [0, 0.05) is 6.04 Å². The van der Waals surface area contributed by atoms with Gasteiger partial charge < -0.3 is 5.32 Å². The maximum Gasteiger partial charge on any atom is 0.0133 e. The molecule has 1 fully saturated rings. The lowest BCUT2D eigenvalue weighted by atomic mass is 9.77. The Morgan fingerprint density at radius 3 is 2.67 bits per heavy atom. The zero-order valence-corrected chi connectivity index (χ0v) is 13.3. The third kappa shape index (κ3) is 3.47. The molecular weight excluding hydrogens is 254 g/mol. The van der Waals surface area contributed by atoms with Crippen LogP contribution in [0.25, 0.3) is 10.8 Å². The van der Waals surface area contributed by atoms with Gasteiger partial charge in [-0.2, -0.15) is 0 Å². The minimum absolute atomic E-state index is 0.619. The van der Waals surface area contributed by atoms with Gasteiger partial charge in [-0.25, -0.2) is 0 Å². The van der Waals surface area contributed by atoms with Crippen molar-refractivity contribution >= 4 is 10.8 Å². The second kappa shape index (κ2) is 6.62. The molecule has 1 heteroatoms. The molecule has 21 heavy (non-hydrogen) atoms. The van der Waals surface area contributed by atoms with Crippen LogP contribution in [0.1, 0.15) is 38.2 Å². The fourth-order valence-corrected chi connectivity index (χ4v) is 3.97. The molecular formula is C20H27N. The van der Waals surface area contributed by atoms with Gasteiger partial charge in [-0.15, -0.1) is 0 Å². The lowest BCUT2D eigenvalue weighted by molar-refractivity contribution is 0.227. The number of fused-ring (bicyclic) bond motifs is 1. The van der Waals surface area contributed by atoms with Gasteiger partial charge in [-0.3, -0.25) is 0 Å². The average Bonchev–Trinajstić information content (AvgIpc) is 2.52. The van der Waals surface area contributed by atoms with E-state index in [4.69, 9.17) is 0 Å². The summed E-state index contributed by atoms with van der Waals surface area (Å²) in [4.78, 5) is 0. The standard InChI is InChI=1S/C20H27N/c1-15-6-5-9-19(12-15)20(21-2)14-16-10-11-17-7-3-4-8-18(17)13-16/h3-4,7-8,10-11,13,15,19-21H,5-6,9,12,14H2,1-2H3. The number of hydrogen-bond acceptors (Lipinski definition) is 1. The first kappa shape index (κ1) is 14.6. The van der Waals surface area contributed by atoms with Crippen LogP contribution in [0.15, 0.2) is 42.5 Å². The van der Waals surface area contributed by atoms with Gasteiger partial charge in [0.2, 0.25) is 0 Å². The van der Waals surface area contributed by atoms with Crippen LogP contribution in [0.5, 0.6) is 0 Å². The molecule has 0 spiro atoms. The molecule has 0 bridgehead atoms. The Morgan fingerprint density at radius 1 is 1.10 bits per heavy atom. The fourth-order valence-electron chi connectivity index (χ4n) is 3.97. The van der Waals surface area contributed by atoms with E-state index < -0.39 is 0 Å². The number of nitrogens with one attached hydrogen (secondary N) is 1. The van der Waals surface area contributed by atoms with Gasteiger partial charge in [0.25, 0.3) is 0 Å². The SMILES string of the molecule is CNC(Cc1ccc2ccccc2c1)C1CCCC(C)C1. The molecule has 0 heterocycles. The third-order valence-corrected chi connectivity index (χ3v) is 5.19. The monoisotopic (exact) mass is 281 g/mol. The maximum absolute atomic E-state index is 3.59. The highest BCUT2D eigenvalue weighted by atomic mass is 14.9. The van der Waals surface area contributed by atoms with Gasteiger partial charge >= 0.3 is 0 Å². The molecule has 2 aromatic rings. The van der Waals surface area contributed by atoms with Crippen molar-refractivity contribution in [3.63, 3.8) is 0 Å². The van der Waals surface area contributed by atoms with Gasteiger partial charge in [0.15, 0.2) is 0 Å². The number of rotatable bonds is 4. The fraction of sp³-hybridized carbons (Fsp3) is 0.500. The predicted molar refractivity (Wildman–Crippen MR) is 91.6 cm³/mol. The minimum Gasteiger partial charge on any atom is -0.316 e. The summed E-state index contributed by atoms with van der Waals surface area (Å²) in [6.45, 7) is 2.41. The zero-order chi connectivity index (χ0) is 14.7. The highest BCUT2D eigenvalue weighted by molar-refractivity contribution is 5.82. The van der Waals surface area contributed by atoms with Crippen LogP contribution in [0, 0.1) is 11.8 Å². The van der Waals surface area contributed by atoms with Gasteiger partial charge in [-0.1, -0.05) is 62.2 Å². The Bertz CT molecular complexity index is 589. The summed E-state index contributed by atoms with van der Waals surface area (Å²) in [5.41, 5.74) is 1.46. The molecule has 0 amide bonds. The molecule has 1 saturated carbocycles. The van der Waals surface area contributed by atoms with E-state index in [0.29, 0.717) is 6.04 Å². The van der Waals surface area contributed by atoms with E-state index in [-0.39, 0.29) is 0 Å². The Balaban J connectivity index is 1.75. The Labute approximate surface area is 128 Å². The van der Waals surface area contributed by atoms with Crippen molar-refractivity contribution in [3.8, 4) is 0 Å². The van der Waals surface area contributed by atoms with Gasteiger partial charge in [0.1, 0.15) is 0 Å². The van der Waals surface area contributed by atoms with Crippen molar-refractivity contribution in [1.29, 1.82) is 0 Å². The molecule has 0 aromatic heterocycles. The van der Waals surface area contributed by atoms with Crippen molar-refractivity contribution in [3.05, 3.63) is 48.0 Å². The molecule has 0 radical (unpaired) electrons. The third-order valence-electron chi connectivity index (χ3n) is 5.19. The van der Waals surface area contributed by atoms with E-state index in [9.17, 15) is 0 Å². The largest absolute Gasteiger partial charge is 0.316 e. The average molecular weight is 281 g/mol. The van der Waals surface area contributed by atoms with E-state index in [0.717, 1.165) is 18.3 Å². The van der Waals surface area contributed by atoms with Crippen LogP contribution in [-0.2, 0) is 6.42 Å². The molecule has 3 rings (SSSR count). The predicted octanol–water partition coefficient (Wildman–Crippen LogP) is 4.80. The Hall–Kier alpha value is -1.34. The molecule has 1 aliphatic rings. The summed E-state index contributed by atoms with van der Waals surface area (Å²) < 4.78 is 0. The molecule has 2 aromatic carbocycles. The van der Waals surface area contributed by atoms with Crippen molar-refractivity contribution < 1.29 is 0 Å². The second-order valence-electron chi connectivity index (χ2n) is 6.81. The highest BCUT2D eigenvalue weighted by Crippen LogP contribution is 2.32. The van der Waals surface area contributed by atoms with Gasteiger partial charge in [-0.05, 0) is 54.5 Å². The van der Waals surface area contributed by atoms with Crippen LogP contribution in [0.2, 0.25) is 0 Å². The first-order chi connectivity index (χ1) is 10.3. The van der Waals surface area contributed by atoms with E-state index in [2.05, 4.69) is 61.8 Å². The summed E-state index contributed by atoms with van der Waals surface area (Å²) in [6, 6.07) is 16.2. The zero-order valence-electron chi connectivity index (χ0n) is 13.3. The van der Waals surface area contributed by atoms with Crippen molar-refractivity contribution in [2.45, 2.75) is 45.1 Å². The Kier molecular flexibility index (Phi) is 4.60. The van der Waals surface area contributed by atoms with Crippen LogP contribution < -0.4 is 5.32 Å². The lowest BCUT2D eigenvalue weighted by Crippen LogP contribution is -2.37. The number of hydrogen-bond donors (Lipinski definition) is 1. The first-order valence-electron chi connectivity index (χ1n) is 8.41. The van der Waals surface area contributed by atoms with E-state index in [1.807, 2.05) is 0 Å². The summed E-state index contributed by atoms with van der Waals surface area (Å²) >= 11 is 0. The molecule has 0 saturated heterocycles. The molecule has 3 unspecified atom stereocenters. The molecule has 3 atom stereocenters. The van der Waals surface area contributed by atoms with E-state index >= 15 is 0 Å². The lowest BCUT2D eigenvalue weighted by Gasteiger charge is -2.33. The smallest absolute Gasteiger partial charge is 0.0133 e. The van der Waals surface area contributed by atoms with E-state index in [1.54, 1.807) is 0 Å². The normalized spacial score (nSPS) is 24.1. The van der Waals surface area contributed by atoms with Gasteiger partial charge in [0.05, 0.1) is 0 Å².